The molecule has 0 bridgehead atoms. The molecule has 0 aromatic carbocycles. The average Bonchev–Trinajstić information content (AvgIpc) is 2.99. The molecule has 0 spiro atoms. The van der Waals surface area contributed by atoms with Crippen molar-refractivity contribution < 1.29 is 9.21 Å². The van der Waals surface area contributed by atoms with E-state index < -0.39 is 0 Å². The SMILES string of the molecule is CCNCCC1CCC(=O)N1C(C)c1ccco1. The van der Waals surface area contributed by atoms with Gasteiger partial charge in [-0.1, -0.05) is 6.92 Å². The molecular formula is C14H22N2O2. The van der Waals surface area contributed by atoms with Gasteiger partial charge in [0, 0.05) is 12.5 Å². The minimum atomic E-state index is 0.0432. The van der Waals surface area contributed by atoms with E-state index in [4.69, 9.17) is 4.42 Å². The van der Waals surface area contributed by atoms with Gasteiger partial charge in [-0.2, -0.15) is 0 Å². The van der Waals surface area contributed by atoms with Crippen LogP contribution in [0.25, 0.3) is 0 Å². The van der Waals surface area contributed by atoms with Gasteiger partial charge >= 0.3 is 0 Å². The van der Waals surface area contributed by atoms with E-state index in [2.05, 4.69) is 12.2 Å². The maximum atomic E-state index is 12.0. The van der Waals surface area contributed by atoms with Crippen molar-refractivity contribution >= 4 is 5.91 Å². The molecule has 4 heteroatoms. The second-order valence-electron chi connectivity index (χ2n) is 4.83. The Hall–Kier alpha value is -1.29. The molecule has 1 aromatic rings. The van der Waals surface area contributed by atoms with Gasteiger partial charge in [-0.05, 0) is 45.0 Å². The van der Waals surface area contributed by atoms with Gasteiger partial charge in [0.2, 0.25) is 5.91 Å². The van der Waals surface area contributed by atoms with Crippen molar-refractivity contribution in [3.05, 3.63) is 24.2 Å². The predicted octanol–water partition coefficient (Wildman–Crippen LogP) is 2.33. The molecule has 0 saturated carbocycles. The summed E-state index contributed by atoms with van der Waals surface area (Å²) in [5, 5.41) is 3.32. The molecule has 0 radical (unpaired) electrons. The van der Waals surface area contributed by atoms with Crippen molar-refractivity contribution in [2.75, 3.05) is 13.1 Å². The summed E-state index contributed by atoms with van der Waals surface area (Å²) < 4.78 is 5.42. The summed E-state index contributed by atoms with van der Waals surface area (Å²) in [6.07, 6.45) is 4.32. The number of hydrogen-bond donors (Lipinski definition) is 1. The Kier molecular flexibility index (Phi) is 4.42. The van der Waals surface area contributed by atoms with Crippen molar-refractivity contribution in [1.82, 2.24) is 10.2 Å². The number of nitrogens with one attached hydrogen (secondary N) is 1. The first-order chi connectivity index (χ1) is 8.74. The quantitative estimate of drug-likeness (QED) is 0.788. The summed E-state index contributed by atoms with van der Waals surface area (Å²) in [4.78, 5) is 14.0. The van der Waals surface area contributed by atoms with E-state index in [1.54, 1.807) is 6.26 Å². The zero-order chi connectivity index (χ0) is 13.0. The molecule has 4 nitrogen and oxygen atoms in total. The van der Waals surface area contributed by atoms with Crippen LogP contribution >= 0.6 is 0 Å². The lowest BCUT2D eigenvalue weighted by atomic mass is 10.1. The normalized spacial score (nSPS) is 21.6. The van der Waals surface area contributed by atoms with Crippen LogP contribution in [0.3, 0.4) is 0 Å². The average molecular weight is 250 g/mol. The van der Waals surface area contributed by atoms with Gasteiger partial charge in [-0.3, -0.25) is 4.79 Å². The number of rotatable bonds is 6. The zero-order valence-electron chi connectivity index (χ0n) is 11.2. The van der Waals surface area contributed by atoms with Crippen molar-refractivity contribution in [3.63, 3.8) is 0 Å². The van der Waals surface area contributed by atoms with Gasteiger partial charge < -0.3 is 14.6 Å². The third-order valence-corrected chi connectivity index (χ3v) is 3.65. The summed E-state index contributed by atoms with van der Waals surface area (Å²) in [6.45, 7) is 6.09. The maximum absolute atomic E-state index is 12.0. The molecule has 100 valence electrons. The Balaban J connectivity index is 2.00. The number of carbonyl (C=O) groups excluding carboxylic acids is 1. The zero-order valence-corrected chi connectivity index (χ0v) is 11.2. The van der Waals surface area contributed by atoms with Gasteiger partial charge in [0.15, 0.2) is 0 Å². The van der Waals surface area contributed by atoms with E-state index >= 15 is 0 Å². The van der Waals surface area contributed by atoms with E-state index in [-0.39, 0.29) is 11.9 Å². The number of amides is 1. The topological polar surface area (TPSA) is 45.5 Å². The highest BCUT2D eigenvalue weighted by Gasteiger charge is 2.35. The largest absolute Gasteiger partial charge is 0.467 e. The smallest absolute Gasteiger partial charge is 0.223 e. The predicted molar refractivity (Wildman–Crippen MR) is 70.2 cm³/mol. The first-order valence-corrected chi connectivity index (χ1v) is 6.79. The van der Waals surface area contributed by atoms with E-state index in [0.29, 0.717) is 12.5 Å². The molecule has 2 unspecified atom stereocenters. The summed E-state index contributed by atoms with van der Waals surface area (Å²) in [5.41, 5.74) is 0. The van der Waals surface area contributed by atoms with Gasteiger partial charge in [-0.15, -0.1) is 0 Å². The fourth-order valence-electron chi connectivity index (χ4n) is 2.69. The van der Waals surface area contributed by atoms with Gasteiger partial charge in [0.05, 0.1) is 12.3 Å². The highest BCUT2D eigenvalue weighted by molar-refractivity contribution is 5.79. The van der Waals surface area contributed by atoms with E-state index in [1.807, 2.05) is 24.0 Å². The molecule has 1 N–H and O–H groups in total. The Labute approximate surface area is 108 Å². The van der Waals surface area contributed by atoms with E-state index in [1.165, 1.54) is 0 Å². The number of furan rings is 1. The molecule has 18 heavy (non-hydrogen) atoms. The van der Waals surface area contributed by atoms with Crippen LogP contribution in [0.1, 0.15) is 44.9 Å². The second kappa shape index (κ2) is 6.05. The van der Waals surface area contributed by atoms with Crippen LogP contribution in [0, 0.1) is 0 Å². The van der Waals surface area contributed by atoms with Crippen LogP contribution in [0.15, 0.2) is 22.8 Å². The van der Waals surface area contributed by atoms with E-state index in [0.717, 1.165) is 31.7 Å². The second-order valence-corrected chi connectivity index (χ2v) is 4.83. The molecule has 2 atom stereocenters. The van der Waals surface area contributed by atoms with Gasteiger partial charge in [0.1, 0.15) is 5.76 Å². The van der Waals surface area contributed by atoms with Crippen molar-refractivity contribution in [3.8, 4) is 0 Å². The monoisotopic (exact) mass is 250 g/mol. The minimum Gasteiger partial charge on any atom is -0.467 e. The molecule has 1 aliphatic heterocycles. The van der Waals surface area contributed by atoms with Crippen LogP contribution in [0.4, 0.5) is 0 Å². The van der Waals surface area contributed by atoms with Crippen molar-refractivity contribution in [1.29, 1.82) is 0 Å². The van der Waals surface area contributed by atoms with Crippen LogP contribution < -0.4 is 5.32 Å². The molecule has 0 aliphatic carbocycles. The number of hydrogen-bond acceptors (Lipinski definition) is 3. The summed E-state index contributed by atoms with van der Waals surface area (Å²) in [7, 11) is 0. The van der Waals surface area contributed by atoms with Crippen LogP contribution in [-0.2, 0) is 4.79 Å². The number of carbonyl (C=O) groups is 1. The maximum Gasteiger partial charge on any atom is 0.223 e. The lowest BCUT2D eigenvalue weighted by molar-refractivity contribution is -0.131. The van der Waals surface area contributed by atoms with Crippen molar-refractivity contribution in [2.45, 2.75) is 45.2 Å². The summed E-state index contributed by atoms with van der Waals surface area (Å²) in [6, 6.07) is 4.20. The van der Waals surface area contributed by atoms with Crippen LogP contribution in [0.5, 0.6) is 0 Å². The molecule has 1 aliphatic rings. The summed E-state index contributed by atoms with van der Waals surface area (Å²) in [5.74, 6) is 1.12. The van der Waals surface area contributed by atoms with Gasteiger partial charge in [0.25, 0.3) is 0 Å². The Morgan fingerprint density at radius 2 is 2.44 bits per heavy atom. The highest BCUT2D eigenvalue weighted by atomic mass is 16.3. The first-order valence-electron chi connectivity index (χ1n) is 6.79. The third-order valence-electron chi connectivity index (χ3n) is 3.65. The molecule has 2 rings (SSSR count). The highest BCUT2D eigenvalue weighted by Crippen LogP contribution is 2.31. The summed E-state index contributed by atoms with van der Waals surface area (Å²) >= 11 is 0. The number of likely N-dealkylation sites (tertiary alicyclic amines) is 1. The van der Waals surface area contributed by atoms with E-state index in [9.17, 15) is 4.79 Å². The molecule has 1 aromatic heterocycles. The van der Waals surface area contributed by atoms with Gasteiger partial charge in [-0.25, -0.2) is 0 Å². The van der Waals surface area contributed by atoms with Crippen molar-refractivity contribution in [2.24, 2.45) is 0 Å². The third kappa shape index (κ3) is 2.75. The first kappa shape index (κ1) is 13.1. The fraction of sp³-hybridized carbons (Fsp3) is 0.643. The number of nitrogens with zero attached hydrogens (tertiary/aromatic N) is 1. The molecular weight excluding hydrogens is 228 g/mol. The minimum absolute atomic E-state index is 0.0432. The molecule has 1 saturated heterocycles. The lowest BCUT2D eigenvalue weighted by Gasteiger charge is -2.30. The van der Waals surface area contributed by atoms with Crippen LogP contribution in [-0.4, -0.2) is 29.9 Å². The Morgan fingerprint density at radius 3 is 3.11 bits per heavy atom. The lowest BCUT2D eigenvalue weighted by Crippen LogP contribution is -2.37. The Bertz CT molecular complexity index is 375. The standard InChI is InChI=1S/C14H22N2O2/c1-3-15-9-8-12-6-7-14(17)16(12)11(2)13-5-4-10-18-13/h4-5,10-12,15H,3,6-9H2,1-2H3. The molecule has 1 fully saturated rings. The molecule has 2 heterocycles. The Morgan fingerprint density at radius 1 is 1.61 bits per heavy atom. The fourth-order valence-corrected chi connectivity index (χ4v) is 2.69. The molecule has 1 amide bonds. The van der Waals surface area contributed by atoms with Crippen LogP contribution in [0.2, 0.25) is 0 Å².